The second-order valence-electron chi connectivity index (χ2n) is 4.21. The van der Waals surface area contributed by atoms with Gasteiger partial charge in [0.25, 0.3) is 0 Å². The molecule has 2 aromatic rings. The van der Waals surface area contributed by atoms with E-state index in [1.165, 1.54) is 7.11 Å². The Labute approximate surface area is 115 Å². The summed E-state index contributed by atoms with van der Waals surface area (Å²) in [6, 6.07) is 8.49. The van der Waals surface area contributed by atoms with E-state index in [0.29, 0.717) is 18.0 Å². The van der Waals surface area contributed by atoms with Crippen molar-refractivity contribution in [2.24, 2.45) is 5.73 Å². The average molecular weight is 279 g/mol. The highest BCUT2D eigenvalue weighted by Crippen LogP contribution is 2.29. The van der Waals surface area contributed by atoms with E-state index in [0.717, 1.165) is 23.8 Å². The van der Waals surface area contributed by atoms with Crippen LogP contribution in [0.1, 0.15) is 11.1 Å². The molecule has 106 valence electrons. The zero-order valence-corrected chi connectivity index (χ0v) is 11.0. The van der Waals surface area contributed by atoms with Crippen molar-refractivity contribution in [3.05, 3.63) is 59.2 Å². The third-order valence-electron chi connectivity index (χ3n) is 2.85. The van der Waals surface area contributed by atoms with Crippen molar-refractivity contribution < 1.29 is 18.3 Å². The number of methoxy groups -OCH3 is 1. The Kier molecular flexibility index (Phi) is 4.53. The van der Waals surface area contributed by atoms with E-state index in [9.17, 15) is 8.78 Å². The maximum absolute atomic E-state index is 13.5. The normalized spacial score (nSPS) is 10.4. The van der Waals surface area contributed by atoms with E-state index >= 15 is 0 Å². The summed E-state index contributed by atoms with van der Waals surface area (Å²) in [6.45, 7) is 0.267. The summed E-state index contributed by atoms with van der Waals surface area (Å²) in [4.78, 5) is 0. The van der Waals surface area contributed by atoms with Crippen LogP contribution in [0, 0.1) is 11.6 Å². The topological polar surface area (TPSA) is 44.5 Å². The number of ether oxygens (including phenoxy) is 2. The summed E-state index contributed by atoms with van der Waals surface area (Å²) in [6.07, 6.45) is 0. The van der Waals surface area contributed by atoms with Gasteiger partial charge in [0.2, 0.25) is 0 Å². The first-order chi connectivity index (χ1) is 9.63. The molecule has 0 amide bonds. The lowest BCUT2D eigenvalue weighted by atomic mass is 10.2. The number of hydrogen-bond acceptors (Lipinski definition) is 3. The number of rotatable bonds is 5. The molecule has 0 saturated carbocycles. The van der Waals surface area contributed by atoms with Crippen LogP contribution >= 0.6 is 0 Å². The molecule has 0 bridgehead atoms. The molecule has 2 N–H and O–H groups in total. The van der Waals surface area contributed by atoms with Crippen LogP contribution < -0.4 is 15.2 Å². The zero-order valence-electron chi connectivity index (χ0n) is 11.0. The molecule has 2 aromatic carbocycles. The van der Waals surface area contributed by atoms with Crippen LogP contribution in [0.5, 0.6) is 11.5 Å². The van der Waals surface area contributed by atoms with Crippen LogP contribution in [-0.2, 0) is 13.2 Å². The first kappa shape index (κ1) is 14.3. The molecule has 0 heterocycles. The molecule has 5 heteroatoms. The zero-order chi connectivity index (χ0) is 14.5. The van der Waals surface area contributed by atoms with E-state index in [2.05, 4.69) is 0 Å². The molecule has 0 aliphatic heterocycles. The van der Waals surface area contributed by atoms with Crippen LogP contribution in [0.2, 0.25) is 0 Å². The van der Waals surface area contributed by atoms with Gasteiger partial charge >= 0.3 is 0 Å². The molecule has 0 saturated heterocycles. The molecule has 0 aromatic heterocycles. The fourth-order valence-electron chi connectivity index (χ4n) is 1.77. The smallest absolute Gasteiger partial charge is 0.161 e. The molecule has 0 fully saturated rings. The molecule has 3 nitrogen and oxygen atoms in total. The summed E-state index contributed by atoms with van der Waals surface area (Å²) in [7, 11) is 1.51. The fraction of sp³-hybridized carbons (Fsp3) is 0.200. The van der Waals surface area contributed by atoms with Gasteiger partial charge in [-0.1, -0.05) is 6.07 Å². The van der Waals surface area contributed by atoms with Crippen molar-refractivity contribution in [3.63, 3.8) is 0 Å². The van der Waals surface area contributed by atoms with Crippen LogP contribution in [-0.4, -0.2) is 7.11 Å². The van der Waals surface area contributed by atoms with Gasteiger partial charge in [-0.05, 0) is 35.9 Å². The third kappa shape index (κ3) is 3.24. The standard InChI is InChI=1S/C15H15F2NO2/c1-19-14-5-2-10(8-18)6-15(14)20-9-11-7-12(16)3-4-13(11)17/h2-7H,8-9,18H2,1H3. The molecule has 0 aliphatic rings. The first-order valence-corrected chi connectivity index (χ1v) is 6.07. The summed E-state index contributed by atoms with van der Waals surface area (Å²) in [5.41, 5.74) is 6.56. The fourth-order valence-corrected chi connectivity index (χ4v) is 1.77. The molecular weight excluding hydrogens is 264 g/mol. The van der Waals surface area contributed by atoms with Crippen LogP contribution in [0.3, 0.4) is 0 Å². The summed E-state index contributed by atoms with van der Waals surface area (Å²) >= 11 is 0. The lowest BCUT2D eigenvalue weighted by molar-refractivity contribution is 0.279. The predicted molar refractivity (Wildman–Crippen MR) is 71.6 cm³/mol. The lowest BCUT2D eigenvalue weighted by Gasteiger charge is -2.12. The second-order valence-corrected chi connectivity index (χ2v) is 4.21. The van der Waals surface area contributed by atoms with Gasteiger partial charge in [0.15, 0.2) is 11.5 Å². The van der Waals surface area contributed by atoms with Crippen LogP contribution in [0.4, 0.5) is 8.78 Å². The average Bonchev–Trinajstić information content (AvgIpc) is 2.47. The molecule has 0 unspecified atom stereocenters. The predicted octanol–water partition coefficient (Wildman–Crippen LogP) is 3.01. The number of nitrogens with two attached hydrogens (primary N) is 1. The van der Waals surface area contributed by atoms with Crippen molar-refractivity contribution in [3.8, 4) is 11.5 Å². The number of hydrogen-bond donors (Lipinski definition) is 1. The monoisotopic (exact) mass is 279 g/mol. The molecule has 0 radical (unpaired) electrons. The second kappa shape index (κ2) is 6.34. The Balaban J connectivity index is 2.19. The minimum Gasteiger partial charge on any atom is -0.493 e. The highest BCUT2D eigenvalue weighted by molar-refractivity contribution is 5.43. The Morgan fingerprint density at radius 2 is 1.85 bits per heavy atom. The molecular formula is C15H15F2NO2. The van der Waals surface area contributed by atoms with E-state index in [-0.39, 0.29) is 12.2 Å². The van der Waals surface area contributed by atoms with Gasteiger partial charge in [0.05, 0.1) is 7.11 Å². The quantitative estimate of drug-likeness (QED) is 0.915. The first-order valence-electron chi connectivity index (χ1n) is 6.07. The van der Waals surface area contributed by atoms with Gasteiger partial charge < -0.3 is 15.2 Å². The Hall–Kier alpha value is -2.14. The van der Waals surface area contributed by atoms with Gasteiger partial charge in [0, 0.05) is 12.1 Å². The maximum Gasteiger partial charge on any atom is 0.161 e. The SMILES string of the molecule is COc1ccc(CN)cc1OCc1cc(F)ccc1F. The molecule has 2 rings (SSSR count). The van der Waals surface area contributed by atoms with Crippen molar-refractivity contribution in [2.45, 2.75) is 13.2 Å². The van der Waals surface area contributed by atoms with E-state index in [4.69, 9.17) is 15.2 Å². The summed E-state index contributed by atoms with van der Waals surface area (Å²) in [5, 5.41) is 0. The van der Waals surface area contributed by atoms with Crippen molar-refractivity contribution in [2.75, 3.05) is 7.11 Å². The molecule has 20 heavy (non-hydrogen) atoms. The van der Waals surface area contributed by atoms with Crippen molar-refractivity contribution in [1.82, 2.24) is 0 Å². The minimum atomic E-state index is -0.514. The van der Waals surface area contributed by atoms with Crippen molar-refractivity contribution in [1.29, 1.82) is 0 Å². The minimum absolute atomic E-state index is 0.0893. The van der Waals surface area contributed by atoms with Gasteiger partial charge in [-0.15, -0.1) is 0 Å². The van der Waals surface area contributed by atoms with E-state index in [1.54, 1.807) is 12.1 Å². The van der Waals surface area contributed by atoms with Gasteiger partial charge in [-0.25, -0.2) is 8.78 Å². The largest absolute Gasteiger partial charge is 0.493 e. The highest BCUT2D eigenvalue weighted by atomic mass is 19.1. The molecule has 0 aliphatic carbocycles. The van der Waals surface area contributed by atoms with E-state index in [1.807, 2.05) is 6.07 Å². The van der Waals surface area contributed by atoms with Gasteiger partial charge in [0.1, 0.15) is 18.2 Å². The number of halogens is 2. The Morgan fingerprint density at radius 1 is 1.05 bits per heavy atom. The lowest BCUT2D eigenvalue weighted by Crippen LogP contribution is -2.02. The number of benzene rings is 2. The van der Waals surface area contributed by atoms with Crippen LogP contribution in [0.25, 0.3) is 0 Å². The van der Waals surface area contributed by atoms with Crippen LogP contribution in [0.15, 0.2) is 36.4 Å². The Bertz CT molecular complexity index is 602. The maximum atomic E-state index is 13.5. The van der Waals surface area contributed by atoms with Crippen molar-refractivity contribution >= 4 is 0 Å². The Morgan fingerprint density at radius 3 is 2.55 bits per heavy atom. The molecule has 0 spiro atoms. The van der Waals surface area contributed by atoms with E-state index < -0.39 is 11.6 Å². The van der Waals surface area contributed by atoms with Gasteiger partial charge in [-0.2, -0.15) is 0 Å². The van der Waals surface area contributed by atoms with Gasteiger partial charge in [-0.3, -0.25) is 0 Å². The summed E-state index contributed by atoms with van der Waals surface area (Å²) < 4.78 is 37.2. The third-order valence-corrected chi connectivity index (χ3v) is 2.85. The summed E-state index contributed by atoms with van der Waals surface area (Å²) in [5.74, 6) is -0.0638. The highest BCUT2D eigenvalue weighted by Gasteiger charge is 2.09. The molecule has 0 atom stereocenters.